The van der Waals surface area contributed by atoms with Crippen LogP contribution in [0.3, 0.4) is 0 Å². The molecule has 1 fully saturated rings. The van der Waals surface area contributed by atoms with Crippen LogP contribution in [-0.4, -0.2) is 42.0 Å². The predicted octanol–water partition coefficient (Wildman–Crippen LogP) is 2.18. The third kappa shape index (κ3) is 3.28. The second-order valence-electron chi connectivity index (χ2n) is 5.22. The summed E-state index contributed by atoms with van der Waals surface area (Å²) in [5, 5.41) is 3.31. The molecule has 1 aromatic heterocycles. The lowest BCUT2D eigenvalue weighted by Crippen LogP contribution is -2.34. The smallest absolute Gasteiger partial charge is 0.255 e. The van der Waals surface area contributed by atoms with Gasteiger partial charge in [0.15, 0.2) is 0 Å². The molecule has 0 saturated carbocycles. The van der Waals surface area contributed by atoms with Crippen molar-refractivity contribution in [2.45, 2.75) is 6.42 Å². The summed E-state index contributed by atoms with van der Waals surface area (Å²) in [4.78, 5) is 18.7. The molecule has 1 N–H and O–H groups in total. The Balaban J connectivity index is 1.84. The zero-order valence-electron chi connectivity index (χ0n) is 12.0. The highest BCUT2D eigenvalue weighted by Gasteiger charge is 2.17. The molecule has 2 heterocycles. The van der Waals surface area contributed by atoms with Gasteiger partial charge in [-0.3, -0.25) is 9.78 Å². The van der Waals surface area contributed by atoms with Crippen LogP contribution < -0.4 is 5.32 Å². The zero-order chi connectivity index (χ0) is 14.5. The van der Waals surface area contributed by atoms with Crippen LogP contribution >= 0.6 is 0 Å². The number of hydrogen-bond acceptors (Lipinski definition) is 3. The van der Waals surface area contributed by atoms with Crippen LogP contribution in [0.4, 0.5) is 0 Å². The molecule has 0 atom stereocenters. The average Bonchev–Trinajstić information content (AvgIpc) is 2.84. The van der Waals surface area contributed by atoms with Gasteiger partial charge in [-0.15, -0.1) is 0 Å². The van der Waals surface area contributed by atoms with Gasteiger partial charge in [-0.05, 0) is 24.6 Å². The van der Waals surface area contributed by atoms with Crippen molar-refractivity contribution in [2.75, 3.05) is 26.2 Å². The Labute approximate surface area is 124 Å². The van der Waals surface area contributed by atoms with Crippen LogP contribution in [0.5, 0.6) is 0 Å². The van der Waals surface area contributed by atoms with Crippen LogP contribution in [0.25, 0.3) is 11.1 Å². The molecule has 1 amide bonds. The molecule has 4 nitrogen and oxygen atoms in total. The van der Waals surface area contributed by atoms with Crippen molar-refractivity contribution in [3.8, 4) is 11.1 Å². The third-order valence-electron chi connectivity index (χ3n) is 3.72. The lowest BCUT2D eigenvalue weighted by atomic mass is 10.1. The Bertz CT molecular complexity index is 604. The molecule has 1 aliphatic heterocycles. The summed E-state index contributed by atoms with van der Waals surface area (Å²) in [7, 11) is 0. The number of rotatable bonds is 2. The minimum atomic E-state index is 0.0731. The molecule has 0 aliphatic carbocycles. The van der Waals surface area contributed by atoms with Crippen molar-refractivity contribution in [3.05, 3.63) is 54.4 Å². The molecule has 1 aromatic carbocycles. The van der Waals surface area contributed by atoms with Crippen molar-refractivity contribution in [3.63, 3.8) is 0 Å². The van der Waals surface area contributed by atoms with Gasteiger partial charge in [-0.1, -0.05) is 30.3 Å². The lowest BCUT2D eigenvalue weighted by Gasteiger charge is -2.20. The van der Waals surface area contributed by atoms with Gasteiger partial charge >= 0.3 is 0 Å². The number of nitrogens with one attached hydrogen (secondary N) is 1. The lowest BCUT2D eigenvalue weighted by molar-refractivity contribution is 0.0766. The van der Waals surface area contributed by atoms with Gasteiger partial charge in [-0.2, -0.15) is 0 Å². The summed E-state index contributed by atoms with van der Waals surface area (Å²) < 4.78 is 0. The Morgan fingerprint density at radius 1 is 1.05 bits per heavy atom. The highest BCUT2D eigenvalue weighted by Crippen LogP contribution is 2.19. The molecule has 4 heteroatoms. The Hall–Kier alpha value is -2.20. The van der Waals surface area contributed by atoms with E-state index in [1.54, 1.807) is 12.4 Å². The molecule has 21 heavy (non-hydrogen) atoms. The summed E-state index contributed by atoms with van der Waals surface area (Å²) >= 11 is 0. The maximum atomic E-state index is 12.6. The first-order valence-electron chi connectivity index (χ1n) is 7.35. The molecule has 0 spiro atoms. The standard InChI is InChI=1S/C17H19N3O/c21-17(20-9-4-7-18-8-10-20)16-11-15(12-19-13-16)14-5-2-1-3-6-14/h1-3,5-6,11-13,18H,4,7-10H2. The van der Waals surface area contributed by atoms with Gasteiger partial charge in [-0.25, -0.2) is 0 Å². The number of nitrogens with zero attached hydrogens (tertiary/aromatic N) is 2. The van der Waals surface area contributed by atoms with Gasteiger partial charge in [0.2, 0.25) is 0 Å². The largest absolute Gasteiger partial charge is 0.337 e. The molecular formula is C17H19N3O. The molecule has 3 rings (SSSR count). The SMILES string of the molecule is O=C(c1cncc(-c2ccccc2)c1)N1CCCNCC1. The summed E-state index contributed by atoms with van der Waals surface area (Å²) in [6.45, 7) is 3.40. The number of benzene rings is 1. The average molecular weight is 281 g/mol. The van der Waals surface area contributed by atoms with Crippen LogP contribution in [-0.2, 0) is 0 Å². The molecule has 0 radical (unpaired) electrons. The maximum Gasteiger partial charge on any atom is 0.255 e. The van der Waals surface area contributed by atoms with E-state index in [2.05, 4.69) is 10.3 Å². The van der Waals surface area contributed by atoms with Crippen molar-refractivity contribution >= 4 is 5.91 Å². The Morgan fingerprint density at radius 2 is 1.90 bits per heavy atom. The number of carbonyl (C=O) groups excluding carboxylic acids is 1. The van der Waals surface area contributed by atoms with Crippen molar-refractivity contribution in [2.24, 2.45) is 0 Å². The first kappa shape index (κ1) is 13.8. The van der Waals surface area contributed by atoms with Crippen molar-refractivity contribution in [1.82, 2.24) is 15.2 Å². The molecule has 0 unspecified atom stereocenters. The number of hydrogen-bond donors (Lipinski definition) is 1. The fourth-order valence-corrected chi connectivity index (χ4v) is 2.58. The minimum absolute atomic E-state index is 0.0731. The van der Waals surface area contributed by atoms with E-state index in [0.717, 1.165) is 43.7 Å². The van der Waals surface area contributed by atoms with E-state index in [1.807, 2.05) is 41.3 Å². The van der Waals surface area contributed by atoms with Crippen molar-refractivity contribution in [1.29, 1.82) is 0 Å². The number of amides is 1. The van der Waals surface area contributed by atoms with Gasteiger partial charge < -0.3 is 10.2 Å². The van der Waals surface area contributed by atoms with E-state index < -0.39 is 0 Å². The quantitative estimate of drug-likeness (QED) is 0.917. The summed E-state index contributed by atoms with van der Waals surface area (Å²) in [5.41, 5.74) is 2.73. The molecule has 2 aromatic rings. The highest BCUT2D eigenvalue weighted by atomic mass is 16.2. The molecule has 1 aliphatic rings. The van der Waals surface area contributed by atoms with Crippen LogP contribution in [0.2, 0.25) is 0 Å². The number of pyridine rings is 1. The van der Waals surface area contributed by atoms with E-state index in [0.29, 0.717) is 5.56 Å². The second-order valence-corrected chi connectivity index (χ2v) is 5.22. The van der Waals surface area contributed by atoms with Gasteiger partial charge in [0.25, 0.3) is 5.91 Å². The summed E-state index contributed by atoms with van der Waals surface area (Å²) in [6.07, 6.45) is 4.46. The number of aromatic nitrogens is 1. The second kappa shape index (κ2) is 6.50. The Kier molecular flexibility index (Phi) is 4.26. The van der Waals surface area contributed by atoms with E-state index in [-0.39, 0.29) is 5.91 Å². The fourth-order valence-electron chi connectivity index (χ4n) is 2.58. The normalized spacial score (nSPS) is 15.5. The summed E-state index contributed by atoms with van der Waals surface area (Å²) in [5.74, 6) is 0.0731. The highest BCUT2D eigenvalue weighted by molar-refractivity contribution is 5.95. The van der Waals surface area contributed by atoms with Crippen LogP contribution in [0, 0.1) is 0 Å². The first-order valence-corrected chi connectivity index (χ1v) is 7.35. The summed E-state index contributed by atoms with van der Waals surface area (Å²) in [6, 6.07) is 12.0. The minimum Gasteiger partial charge on any atom is -0.337 e. The van der Waals surface area contributed by atoms with E-state index in [4.69, 9.17) is 0 Å². The Morgan fingerprint density at radius 3 is 2.76 bits per heavy atom. The van der Waals surface area contributed by atoms with Crippen LogP contribution in [0.15, 0.2) is 48.8 Å². The number of carbonyl (C=O) groups is 1. The molecule has 108 valence electrons. The molecule has 0 bridgehead atoms. The van der Waals surface area contributed by atoms with E-state index in [9.17, 15) is 4.79 Å². The van der Waals surface area contributed by atoms with Crippen LogP contribution in [0.1, 0.15) is 16.8 Å². The molecule has 1 saturated heterocycles. The maximum absolute atomic E-state index is 12.6. The third-order valence-corrected chi connectivity index (χ3v) is 3.72. The van der Waals surface area contributed by atoms with E-state index in [1.165, 1.54) is 0 Å². The monoisotopic (exact) mass is 281 g/mol. The van der Waals surface area contributed by atoms with Gasteiger partial charge in [0.05, 0.1) is 5.56 Å². The molecular weight excluding hydrogens is 262 g/mol. The van der Waals surface area contributed by atoms with Crippen molar-refractivity contribution < 1.29 is 4.79 Å². The topological polar surface area (TPSA) is 45.2 Å². The van der Waals surface area contributed by atoms with E-state index >= 15 is 0 Å². The fraction of sp³-hybridized carbons (Fsp3) is 0.294. The zero-order valence-corrected chi connectivity index (χ0v) is 12.0. The predicted molar refractivity (Wildman–Crippen MR) is 83.1 cm³/mol. The van der Waals surface area contributed by atoms with Gasteiger partial charge in [0.1, 0.15) is 0 Å². The first-order chi connectivity index (χ1) is 10.3. The van der Waals surface area contributed by atoms with Gasteiger partial charge in [0, 0.05) is 37.6 Å².